The number of carbonyl (C=O) groups excluding carboxylic acids is 1. The van der Waals surface area contributed by atoms with Gasteiger partial charge in [-0.2, -0.15) is 0 Å². The number of hydrogen-bond acceptors (Lipinski definition) is 6. The predicted octanol–water partition coefficient (Wildman–Crippen LogP) is 2.81. The van der Waals surface area contributed by atoms with E-state index in [-0.39, 0.29) is 5.58 Å². The first-order valence-corrected chi connectivity index (χ1v) is 11.9. The number of likely N-dealkylation sites (tertiary alicyclic amines) is 1. The van der Waals surface area contributed by atoms with E-state index in [1.807, 2.05) is 0 Å². The Morgan fingerprint density at radius 1 is 1.17 bits per heavy atom. The fraction of sp³-hybridized carbons (Fsp3) is 0.300. The lowest BCUT2D eigenvalue weighted by molar-refractivity contribution is -0.0557. The maximum absolute atomic E-state index is 14.8. The smallest absolute Gasteiger partial charge is 0.323 e. The van der Waals surface area contributed by atoms with Crippen LogP contribution in [0.25, 0.3) is 22.1 Å². The van der Waals surface area contributed by atoms with Gasteiger partial charge in [0.25, 0.3) is 5.92 Å². The Labute approximate surface area is 198 Å². The largest absolute Gasteiger partial charge is 0.394 e. The fourth-order valence-electron chi connectivity index (χ4n) is 4.00. The molecule has 0 radical (unpaired) electrons. The van der Waals surface area contributed by atoms with Gasteiger partial charge in [0, 0.05) is 24.2 Å². The average molecular weight is 538 g/mol. The van der Waals surface area contributed by atoms with Crippen molar-refractivity contribution in [3.05, 3.63) is 47.5 Å². The van der Waals surface area contributed by atoms with Crippen molar-refractivity contribution >= 4 is 32.8 Å². The Morgan fingerprint density at radius 3 is 2.39 bits per heavy atom. The minimum atomic E-state index is -4.13. The first-order valence-electron chi connectivity index (χ1n) is 10.0. The number of nitrogens with zero attached hydrogens (tertiary/aromatic N) is 2. The predicted molar refractivity (Wildman–Crippen MR) is 113 cm³/mol. The number of rotatable bonds is 5. The van der Waals surface area contributed by atoms with E-state index in [9.17, 15) is 44.7 Å². The number of hydrogen-bond donors (Lipinski definition) is 3. The number of sulfonamides is 1. The third-order valence-electron chi connectivity index (χ3n) is 5.53. The number of urea groups is 1. The summed E-state index contributed by atoms with van der Waals surface area (Å²) in [6, 6.07) is -3.19. The van der Waals surface area contributed by atoms with Crippen molar-refractivity contribution in [1.82, 2.24) is 14.8 Å². The lowest BCUT2D eigenvalue weighted by atomic mass is 9.99. The number of nitrogens with one attached hydrogen (secondary N) is 2. The highest BCUT2D eigenvalue weighted by Crippen LogP contribution is 2.40. The van der Waals surface area contributed by atoms with Gasteiger partial charge in [-0.3, -0.25) is 5.32 Å². The van der Waals surface area contributed by atoms with Gasteiger partial charge in [-0.15, -0.1) is 0 Å². The monoisotopic (exact) mass is 538 g/mol. The number of amides is 2. The molecule has 1 aliphatic rings. The molecule has 0 saturated carbocycles. The molecule has 3 aromatic rings. The van der Waals surface area contributed by atoms with Crippen LogP contribution in [0.2, 0.25) is 0 Å². The van der Waals surface area contributed by atoms with Gasteiger partial charge in [0.2, 0.25) is 10.0 Å². The first-order chi connectivity index (χ1) is 16.7. The molecule has 1 saturated heterocycles. The Hall–Kier alpha value is -3.37. The molecule has 0 spiro atoms. The number of benzene rings is 2. The number of carbonyl (C=O) groups is 1. The number of alkyl halides is 2. The van der Waals surface area contributed by atoms with E-state index in [0.717, 1.165) is 12.1 Å². The summed E-state index contributed by atoms with van der Waals surface area (Å²) in [4.78, 5) is 13.3. The van der Waals surface area contributed by atoms with Crippen molar-refractivity contribution in [2.75, 3.05) is 24.7 Å². The molecule has 1 fully saturated rings. The second kappa shape index (κ2) is 8.94. The molecule has 2 aromatic carbocycles. The van der Waals surface area contributed by atoms with Crippen molar-refractivity contribution < 1.29 is 49.2 Å². The molecule has 3 N–H and O–H groups in total. The lowest BCUT2D eigenvalue weighted by Crippen LogP contribution is -2.51. The van der Waals surface area contributed by atoms with E-state index in [4.69, 9.17) is 4.52 Å². The van der Waals surface area contributed by atoms with Crippen LogP contribution < -0.4 is 10.0 Å². The normalized spacial score (nSPS) is 19.7. The zero-order valence-electron chi connectivity index (χ0n) is 18.0. The van der Waals surface area contributed by atoms with E-state index in [0.29, 0.717) is 23.3 Å². The molecule has 2 atom stereocenters. The summed E-state index contributed by atoms with van der Waals surface area (Å²) < 4.78 is 116. The molecule has 194 valence electrons. The van der Waals surface area contributed by atoms with Gasteiger partial charge in [-0.25, -0.2) is 44.3 Å². The zero-order chi connectivity index (χ0) is 26.6. The quantitative estimate of drug-likeness (QED) is 0.430. The summed E-state index contributed by atoms with van der Waals surface area (Å²) >= 11 is 0. The number of fused-ring (bicyclic) bond motifs is 1. The number of anilines is 1. The molecule has 36 heavy (non-hydrogen) atoms. The van der Waals surface area contributed by atoms with Crippen LogP contribution in [-0.4, -0.2) is 67.0 Å². The zero-order valence-corrected chi connectivity index (χ0v) is 18.8. The number of aliphatic hydroxyl groups excluding tert-OH is 1. The van der Waals surface area contributed by atoms with Crippen LogP contribution in [0.1, 0.15) is 0 Å². The van der Waals surface area contributed by atoms with Crippen molar-refractivity contribution in [3.63, 3.8) is 0 Å². The number of aromatic nitrogens is 1. The summed E-state index contributed by atoms with van der Waals surface area (Å²) in [6.45, 7) is -2.14. The van der Waals surface area contributed by atoms with Crippen molar-refractivity contribution in [1.29, 1.82) is 0 Å². The molecule has 0 aliphatic carbocycles. The van der Waals surface area contributed by atoms with Gasteiger partial charge in [0.15, 0.2) is 11.4 Å². The Kier molecular flexibility index (Phi) is 6.38. The van der Waals surface area contributed by atoms with E-state index < -0.39 is 92.8 Å². The highest BCUT2D eigenvalue weighted by Gasteiger charge is 2.58. The van der Waals surface area contributed by atoms with Crippen molar-refractivity contribution in [2.45, 2.75) is 18.0 Å². The summed E-state index contributed by atoms with van der Waals surface area (Å²) in [6.07, 6.45) is 0.630. The van der Waals surface area contributed by atoms with Crippen LogP contribution in [0.5, 0.6) is 0 Å². The molecule has 16 heteroatoms. The molecular weight excluding hydrogens is 522 g/mol. The minimum Gasteiger partial charge on any atom is -0.394 e. The Bertz CT molecular complexity index is 1440. The summed E-state index contributed by atoms with van der Waals surface area (Å²) in [5, 5.41) is 14.6. The van der Waals surface area contributed by atoms with Crippen molar-refractivity contribution in [2.24, 2.45) is 0 Å². The first kappa shape index (κ1) is 25.7. The second-order valence-electron chi connectivity index (χ2n) is 7.97. The lowest BCUT2D eigenvalue weighted by Gasteiger charge is -2.26. The summed E-state index contributed by atoms with van der Waals surface area (Å²) in [5.74, 6) is -9.96. The maximum atomic E-state index is 14.8. The van der Waals surface area contributed by atoms with Crippen LogP contribution in [0.15, 0.2) is 28.8 Å². The average Bonchev–Trinajstić information content (AvgIpc) is 3.25. The Morgan fingerprint density at radius 2 is 1.81 bits per heavy atom. The standard InChI is InChI=1S/C20H16F6N4O5S/c1-36(33,34)29-13-6-30(14(7-31)20(13,25)26)19(32)27-18-17-12(35-28-18)3-2-9(22)16(17)15-10(23)4-8(21)5-11(15)24/h2-5,13-14,29,31H,6-7H2,1H3,(H,27,28,32)/t13-,14-/m1/s1. The van der Waals surface area contributed by atoms with Crippen molar-refractivity contribution in [3.8, 4) is 11.1 Å². The maximum Gasteiger partial charge on any atom is 0.323 e. The summed E-state index contributed by atoms with van der Waals surface area (Å²) in [7, 11) is -4.13. The molecule has 9 nitrogen and oxygen atoms in total. The molecule has 1 aliphatic heterocycles. The fourth-order valence-corrected chi connectivity index (χ4v) is 4.75. The molecule has 1 aromatic heterocycles. The number of halogens is 6. The van der Waals surface area contributed by atoms with Gasteiger partial charge >= 0.3 is 6.03 Å². The van der Waals surface area contributed by atoms with E-state index >= 15 is 0 Å². The van der Waals surface area contributed by atoms with Crippen LogP contribution in [0.3, 0.4) is 0 Å². The van der Waals surface area contributed by atoms with E-state index in [1.54, 1.807) is 4.72 Å². The molecule has 0 bridgehead atoms. The van der Waals surface area contributed by atoms with Gasteiger partial charge in [0.1, 0.15) is 35.4 Å². The molecular formula is C20H16F6N4O5S. The topological polar surface area (TPSA) is 125 Å². The molecule has 2 heterocycles. The molecule has 2 amide bonds. The highest BCUT2D eigenvalue weighted by atomic mass is 32.2. The van der Waals surface area contributed by atoms with Gasteiger partial charge in [0.05, 0.1) is 23.8 Å². The van der Waals surface area contributed by atoms with Crippen LogP contribution in [-0.2, 0) is 10.0 Å². The van der Waals surface area contributed by atoms with Gasteiger partial charge in [-0.05, 0) is 12.1 Å². The van der Waals surface area contributed by atoms with E-state index in [2.05, 4.69) is 10.5 Å². The number of aliphatic hydroxyl groups is 1. The minimum absolute atomic E-state index is 0.271. The molecule has 0 unspecified atom stereocenters. The third kappa shape index (κ3) is 4.46. The summed E-state index contributed by atoms with van der Waals surface area (Å²) in [5.41, 5.74) is -2.07. The molecule has 4 rings (SSSR count). The Balaban J connectivity index is 1.75. The van der Waals surface area contributed by atoms with Crippen LogP contribution in [0, 0.1) is 23.3 Å². The van der Waals surface area contributed by atoms with Crippen LogP contribution in [0.4, 0.5) is 37.0 Å². The second-order valence-corrected chi connectivity index (χ2v) is 9.75. The van der Waals surface area contributed by atoms with Gasteiger partial charge < -0.3 is 14.5 Å². The SMILES string of the molecule is CS(=O)(=O)N[C@@H]1CN(C(=O)Nc2noc3ccc(F)c(-c4c(F)cc(F)cc4F)c23)[C@H](CO)C1(F)F. The van der Waals surface area contributed by atoms with Gasteiger partial charge in [-0.1, -0.05) is 5.16 Å². The van der Waals surface area contributed by atoms with Crippen LogP contribution >= 0.6 is 0 Å². The van der Waals surface area contributed by atoms with E-state index in [1.165, 1.54) is 0 Å². The third-order valence-corrected chi connectivity index (χ3v) is 6.24. The highest BCUT2D eigenvalue weighted by molar-refractivity contribution is 7.88.